The van der Waals surface area contributed by atoms with E-state index in [1.165, 1.54) is 0 Å². The summed E-state index contributed by atoms with van der Waals surface area (Å²) in [6.45, 7) is 6.35. The van der Waals surface area contributed by atoms with Crippen LogP contribution in [0.5, 0.6) is 0 Å². The fourth-order valence-electron chi connectivity index (χ4n) is 1.72. The van der Waals surface area contributed by atoms with Gasteiger partial charge in [0, 0.05) is 5.69 Å². The van der Waals surface area contributed by atoms with Crippen molar-refractivity contribution >= 4 is 11.6 Å². The summed E-state index contributed by atoms with van der Waals surface area (Å²) >= 11 is 0. The van der Waals surface area contributed by atoms with E-state index in [1.54, 1.807) is 0 Å². The number of hydrazine groups is 1. The van der Waals surface area contributed by atoms with Gasteiger partial charge in [0.25, 0.3) is 0 Å². The minimum absolute atomic E-state index is 0.113. The van der Waals surface area contributed by atoms with E-state index in [1.807, 2.05) is 30.3 Å². The van der Waals surface area contributed by atoms with Gasteiger partial charge in [0.05, 0.1) is 5.54 Å². The van der Waals surface area contributed by atoms with Crippen LogP contribution in [0.3, 0.4) is 0 Å². The topological polar surface area (TPSA) is 62.4 Å². The molecule has 4 heteroatoms. The van der Waals surface area contributed by atoms with Gasteiger partial charge in [0.15, 0.2) is 0 Å². The first-order chi connectivity index (χ1) is 8.07. The lowest BCUT2D eigenvalue weighted by atomic mass is 10.0. The monoisotopic (exact) mass is 234 g/mol. The Bertz CT molecular complexity index is 357. The molecule has 1 aromatic rings. The Morgan fingerprint density at radius 2 is 1.94 bits per heavy atom. The maximum atomic E-state index is 5.48. The van der Waals surface area contributed by atoms with Crippen molar-refractivity contribution in [3.63, 3.8) is 0 Å². The van der Waals surface area contributed by atoms with Crippen molar-refractivity contribution in [3.8, 4) is 0 Å². The lowest BCUT2D eigenvalue weighted by molar-refractivity contribution is 0.471. The van der Waals surface area contributed by atoms with Crippen LogP contribution >= 0.6 is 0 Å². The normalized spacial score (nSPS) is 12.4. The Labute approximate surface area is 103 Å². The molecule has 0 aliphatic rings. The van der Waals surface area contributed by atoms with Gasteiger partial charge in [-0.1, -0.05) is 31.5 Å². The summed E-state index contributed by atoms with van der Waals surface area (Å²) in [7, 11) is 0. The highest BCUT2D eigenvalue weighted by Gasteiger charge is 2.15. The third kappa shape index (κ3) is 4.87. The van der Waals surface area contributed by atoms with Crippen molar-refractivity contribution < 1.29 is 0 Å². The number of benzene rings is 1. The Balaban J connectivity index is 2.75. The van der Waals surface area contributed by atoms with Gasteiger partial charge >= 0.3 is 0 Å². The zero-order chi connectivity index (χ0) is 12.7. The van der Waals surface area contributed by atoms with Gasteiger partial charge in [-0.25, -0.2) is 10.8 Å². The molecule has 17 heavy (non-hydrogen) atoms. The number of hydrogen-bond donors (Lipinski definition) is 3. The average Bonchev–Trinajstić information content (AvgIpc) is 2.29. The van der Waals surface area contributed by atoms with E-state index in [-0.39, 0.29) is 5.54 Å². The van der Waals surface area contributed by atoms with Crippen LogP contribution in [0, 0.1) is 0 Å². The van der Waals surface area contributed by atoms with Gasteiger partial charge in [-0.3, -0.25) is 5.43 Å². The van der Waals surface area contributed by atoms with Gasteiger partial charge in [-0.2, -0.15) is 0 Å². The summed E-state index contributed by atoms with van der Waals surface area (Å²) in [6.07, 6.45) is 2.12. The number of nitrogens with zero attached hydrogens (tertiary/aromatic N) is 1. The smallest absolute Gasteiger partial charge is 0.210 e. The highest BCUT2D eigenvalue weighted by atomic mass is 15.3. The predicted octanol–water partition coefficient (Wildman–Crippen LogP) is 2.50. The molecule has 0 aromatic heterocycles. The second kappa shape index (κ2) is 6.25. The fourth-order valence-corrected chi connectivity index (χ4v) is 1.72. The fraction of sp³-hybridized carbons (Fsp3) is 0.462. The number of nitrogens with one attached hydrogen (secondary N) is 2. The standard InChI is InChI=1S/C13H22N4/c1-4-10-13(2,3)16-12(17-14)15-11-8-6-5-7-9-11/h5-9H,4,10,14H2,1-3H3,(H2,15,16,17). The first-order valence-corrected chi connectivity index (χ1v) is 5.96. The van der Waals surface area contributed by atoms with Gasteiger partial charge in [-0.15, -0.1) is 0 Å². The molecule has 0 unspecified atom stereocenters. The number of nitrogens with two attached hydrogens (primary N) is 1. The first kappa shape index (κ1) is 13.5. The van der Waals surface area contributed by atoms with Crippen LogP contribution < -0.4 is 16.6 Å². The van der Waals surface area contributed by atoms with Gasteiger partial charge in [0.1, 0.15) is 0 Å². The third-order valence-electron chi connectivity index (χ3n) is 2.45. The maximum Gasteiger partial charge on any atom is 0.210 e. The molecule has 4 N–H and O–H groups in total. The van der Waals surface area contributed by atoms with E-state index in [4.69, 9.17) is 5.84 Å². The summed E-state index contributed by atoms with van der Waals surface area (Å²) in [5.74, 6) is 6.07. The van der Waals surface area contributed by atoms with Crippen LogP contribution in [-0.2, 0) is 0 Å². The third-order valence-corrected chi connectivity index (χ3v) is 2.45. The van der Waals surface area contributed by atoms with Crippen LogP contribution in [-0.4, -0.2) is 11.5 Å². The Morgan fingerprint density at radius 1 is 1.29 bits per heavy atom. The van der Waals surface area contributed by atoms with Crippen molar-refractivity contribution in [2.75, 3.05) is 5.32 Å². The Kier molecular flexibility index (Phi) is 4.97. The molecule has 0 atom stereocenters. The van der Waals surface area contributed by atoms with Gasteiger partial charge in [0.2, 0.25) is 5.96 Å². The second-order valence-electron chi connectivity index (χ2n) is 4.66. The summed E-state index contributed by atoms with van der Waals surface area (Å²) in [6, 6.07) is 9.85. The van der Waals surface area contributed by atoms with Crippen LogP contribution in [0.2, 0.25) is 0 Å². The van der Waals surface area contributed by atoms with Crippen LogP contribution in [0.1, 0.15) is 33.6 Å². The molecule has 0 saturated carbocycles. The van der Waals surface area contributed by atoms with Gasteiger partial charge < -0.3 is 5.32 Å². The SMILES string of the molecule is CCCC(C)(C)N=C(NN)Nc1ccccc1. The molecule has 4 nitrogen and oxygen atoms in total. The predicted molar refractivity (Wildman–Crippen MR) is 73.8 cm³/mol. The van der Waals surface area contributed by atoms with Crippen molar-refractivity contribution in [3.05, 3.63) is 30.3 Å². The zero-order valence-electron chi connectivity index (χ0n) is 10.8. The van der Waals surface area contributed by atoms with Crippen LogP contribution in [0.4, 0.5) is 5.69 Å². The Hall–Kier alpha value is -1.55. The number of aliphatic imine (C=N–C) groups is 1. The van der Waals surface area contributed by atoms with Gasteiger partial charge in [-0.05, 0) is 32.4 Å². The van der Waals surface area contributed by atoms with E-state index in [2.05, 4.69) is 36.5 Å². The molecule has 0 aliphatic carbocycles. The molecule has 0 amide bonds. The quantitative estimate of drug-likeness (QED) is 0.324. The van der Waals surface area contributed by atoms with E-state index in [9.17, 15) is 0 Å². The molecule has 0 radical (unpaired) electrons. The lowest BCUT2D eigenvalue weighted by Gasteiger charge is -2.21. The van der Waals surface area contributed by atoms with E-state index in [0.717, 1.165) is 18.5 Å². The molecule has 0 saturated heterocycles. The number of hydrogen-bond acceptors (Lipinski definition) is 2. The molecule has 0 aliphatic heterocycles. The van der Waals surface area contributed by atoms with Crippen LogP contribution in [0.15, 0.2) is 35.3 Å². The molecular formula is C13H22N4. The summed E-state index contributed by atoms with van der Waals surface area (Å²) < 4.78 is 0. The molecule has 1 aromatic carbocycles. The van der Waals surface area contributed by atoms with Crippen LogP contribution in [0.25, 0.3) is 0 Å². The molecule has 1 rings (SSSR count). The van der Waals surface area contributed by atoms with Crippen molar-refractivity contribution in [2.45, 2.75) is 39.2 Å². The lowest BCUT2D eigenvalue weighted by Crippen LogP contribution is -2.38. The number of rotatable bonds is 4. The summed E-state index contributed by atoms with van der Waals surface area (Å²) in [4.78, 5) is 4.58. The van der Waals surface area contributed by atoms with Crippen molar-refractivity contribution in [2.24, 2.45) is 10.8 Å². The molecule has 0 heterocycles. The maximum absolute atomic E-state index is 5.48. The van der Waals surface area contributed by atoms with E-state index >= 15 is 0 Å². The minimum atomic E-state index is -0.113. The molecular weight excluding hydrogens is 212 g/mol. The second-order valence-corrected chi connectivity index (χ2v) is 4.66. The van der Waals surface area contributed by atoms with Crippen molar-refractivity contribution in [1.29, 1.82) is 0 Å². The number of para-hydroxylation sites is 1. The molecule has 0 spiro atoms. The molecule has 0 bridgehead atoms. The number of anilines is 1. The number of guanidine groups is 1. The highest BCUT2D eigenvalue weighted by Crippen LogP contribution is 2.16. The van der Waals surface area contributed by atoms with E-state index in [0.29, 0.717) is 5.96 Å². The van der Waals surface area contributed by atoms with E-state index < -0.39 is 0 Å². The first-order valence-electron chi connectivity index (χ1n) is 5.96. The summed E-state index contributed by atoms with van der Waals surface area (Å²) in [5, 5.41) is 3.16. The molecule has 94 valence electrons. The largest absolute Gasteiger partial charge is 0.325 e. The average molecular weight is 234 g/mol. The Morgan fingerprint density at radius 3 is 2.47 bits per heavy atom. The summed E-state index contributed by atoms with van der Waals surface area (Å²) in [5.41, 5.74) is 3.46. The minimum Gasteiger partial charge on any atom is -0.325 e. The van der Waals surface area contributed by atoms with Crippen molar-refractivity contribution in [1.82, 2.24) is 5.43 Å². The highest BCUT2D eigenvalue weighted by molar-refractivity contribution is 5.93. The zero-order valence-corrected chi connectivity index (χ0v) is 10.8. The molecule has 0 fully saturated rings.